The highest BCUT2D eigenvalue weighted by Crippen LogP contribution is 2.16. The fraction of sp³-hybridized carbons (Fsp3) is 0.0714. The van der Waals surface area contributed by atoms with Crippen LogP contribution in [0.2, 0.25) is 5.02 Å². The quantitative estimate of drug-likeness (QED) is 0.759. The van der Waals surface area contributed by atoms with E-state index in [0.717, 1.165) is 0 Å². The highest BCUT2D eigenvalue weighted by molar-refractivity contribution is 6.30. The number of anilines is 2. The van der Waals surface area contributed by atoms with Crippen molar-refractivity contribution in [3.8, 4) is 0 Å². The molecule has 6 heteroatoms. The fourth-order valence-electron chi connectivity index (χ4n) is 1.57. The second kappa shape index (κ2) is 6.25. The molecule has 2 aromatic carbocycles. The maximum atomic E-state index is 13.0. The van der Waals surface area contributed by atoms with Gasteiger partial charge < -0.3 is 16.4 Å². The molecule has 0 bridgehead atoms. The van der Waals surface area contributed by atoms with E-state index in [2.05, 4.69) is 10.6 Å². The zero-order valence-corrected chi connectivity index (χ0v) is 11.2. The van der Waals surface area contributed by atoms with E-state index in [1.807, 2.05) is 0 Å². The predicted octanol–water partition coefficient (Wildman–Crippen LogP) is 3.38. The van der Waals surface area contributed by atoms with Crippen molar-refractivity contribution in [1.29, 1.82) is 0 Å². The lowest BCUT2D eigenvalue weighted by Gasteiger charge is -2.08. The molecule has 0 fully saturated rings. The molecule has 4 N–H and O–H groups in total. The summed E-state index contributed by atoms with van der Waals surface area (Å²) in [5.74, 6) is -0.484. The van der Waals surface area contributed by atoms with Gasteiger partial charge in [-0.1, -0.05) is 17.7 Å². The summed E-state index contributed by atoms with van der Waals surface area (Å²) in [5, 5.41) is 5.33. The maximum absolute atomic E-state index is 13.0. The van der Waals surface area contributed by atoms with Crippen LogP contribution in [0.5, 0.6) is 0 Å². The van der Waals surface area contributed by atoms with Crippen molar-refractivity contribution >= 4 is 29.0 Å². The Morgan fingerprint density at radius 1 is 1.20 bits per heavy atom. The number of nitrogens with two attached hydrogens (primary N) is 1. The van der Waals surface area contributed by atoms with Gasteiger partial charge in [0.2, 0.25) is 0 Å². The van der Waals surface area contributed by atoms with E-state index in [0.29, 0.717) is 16.9 Å². The number of carbonyl (C=O) groups is 1. The van der Waals surface area contributed by atoms with Crippen molar-refractivity contribution in [3.63, 3.8) is 0 Å². The fourth-order valence-corrected chi connectivity index (χ4v) is 1.78. The smallest absolute Gasteiger partial charge is 0.319 e. The minimum absolute atomic E-state index is 0.0308. The van der Waals surface area contributed by atoms with Gasteiger partial charge in [0.1, 0.15) is 5.82 Å². The van der Waals surface area contributed by atoms with Gasteiger partial charge in [-0.25, -0.2) is 9.18 Å². The molecule has 0 aliphatic carbocycles. The Morgan fingerprint density at radius 3 is 2.55 bits per heavy atom. The van der Waals surface area contributed by atoms with Crippen LogP contribution in [0, 0.1) is 5.82 Å². The Morgan fingerprint density at radius 2 is 1.90 bits per heavy atom. The molecule has 0 unspecified atom stereocenters. The van der Waals surface area contributed by atoms with Gasteiger partial charge in [0.15, 0.2) is 0 Å². The Hall–Kier alpha value is -2.27. The molecule has 104 valence electrons. The zero-order chi connectivity index (χ0) is 14.5. The van der Waals surface area contributed by atoms with E-state index < -0.39 is 5.82 Å². The average Bonchev–Trinajstić information content (AvgIpc) is 2.43. The number of nitrogens with one attached hydrogen (secondary N) is 2. The van der Waals surface area contributed by atoms with Gasteiger partial charge in [0.05, 0.1) is 5.02 Å². The summed E-state index contributed by atoms with van der Waals surface area (Å²) in [6.45, 7) is 0.251. The second-order valence-electron chi connectivity index (χ2n) is 4.18. The van der Waals surface area contributed by atoms with Gasteiger partial charge in [-0.3, -0.25) is 0 Å². The number of hydrogen-bond acceptors (Lipinski definition) is 2. The summed E-state index contributed by atoms with van der Waals surface area (Å²) in [7, 11) is 0. The second-order valence-corrected chi connectivity index (χ2v) is 4.59. The van der Waals surface area contributed by atoms with E-state index in [1.54, 1.807) is 30.3 Å². The van der Waals surface area contributed by atoms with Gasteiger partial charge in [-0.2, -0.15) is 0 Å². The van der Waals surface area contributed by atoms with Crippen LogP contribution in [0.3, 0.4) is 0 Å². The minimum atomic E-state index is -0.484. The Bertz CT molecular complexity index is 616. The normalized spacial score (nSPS) is 10.1. The molecule has 2 amide bonds. The van der Waals surface area contributed by atoms with Gasteiger partial charge in [0.25, 0.3) is 0 Å². The molecule has 0 aliphatic rings. The average molecular weight is 294 g/mol. The lowest BCUT2D eigenvalue weighted by Crippen LogP contribution is -2.28. The van der Waals surface area contributed by atoms with Crippen molar-refractivity contribution < 1.29 is 9.18 Å². The Balaban J connectivity index is 1.88. The molecular weight excluding hydrogens is 281 g/mol. The first-order valence-corrected chi connectivity index (χ1v) is 6.27. The molecular formula is C14H13ClFN3O. The number of nitrogen functional groups attached to an aromatic ring is 1. The van der Waals surface area contributed by atoms with Crippen LogP contribution in [0.15, 0.2) is 42.5 Å². The van der Waals surface area contributed by atoms with E-state index in [1.165, 1.54) is 12.1 Å². The summed E-state index contributed by atoms with van der Waals surface area (Å²) in [6, 6.07) is 10.7. The summed E-state index contributed by atoms with van der Waals surface area (Å²) in [5.41, 5.74) is 7.51. The molecule has 0 heterocycles. The van der Waals surface area contributed by atoms with E-state index in [-0.39, 0.29) is 17.6 Å². The summed E-state index contributed by atoms with van der Waals surface area (Å²) >= 11 is 5.66. The lowest BCUT2D eigenvalue weighted by atomic mass is 10.2. The third kappa shape index (κ3) is 3.86. The number of urea groups is 1. The van der Waals surface area contributed by atoms with Gasteiger partial charge in [-0.15, -0.1) is 0 Å². The molecule has 2 rings (SSSR count). The van der Waals surface area contributed by atoms with Gasteiger partial charge >= 0.3 is 6.03 Å². The van der Waals surface area contributed by atoms with Crippen molar-refractivity contribution in [1.82, 2.24) is 5.32 Å². The van der Waals surface area contributed by atoms with Crippen LogP contribution >= 0.6 is 11.6 Å². The van der Waals surface area contributed by atoms with Gasteiger partial charge in [0, 0.05) is 17.9 Å². The number of hydrogen-bond donors (Lipinski definition) is 3. The molecule has 0 spiro atoms. The zero-order valence-electron chi connectivity index (χ0n) is 10.5. The predicted molar refractivity (Wildman–Crippen MR) is 78.1 cm³/mol. The summed E-state index contributed by atoms with van der Waals surface area (Å²) in [4.78, 5) is 11.7. The molecule has 0 atom stereocenters. The third-order valence-electron chi connectivity index (χ3n) is 2.61. The van der Waals surface area contributed by atoms with Gasteiger partial charge in [-0.05, 0) is 42.0 Å². The number of rotatable bonds is 3. The minimum Gasteiger partial charge on any atom is -0.399 e. The molecule has 0 aliphatic heterocycles. The number of benzene rings is 2. The van der Waals surface area contributed by atoms with Crippen LogP contribution in [-0.2, 0) is 6.54 Å². The first-order chi connectivity index (χ1) is 9.54. The molecule has 0 saturated carbocycles. The number of carbonyl (C=O) groups excluding carboxylic acids is 1. The number of halogens is 2. The van der Waals surface area contributed by atoms with Crippen LogP contribution in [0.25, 0.3) is 0 Å². The summed E-state index contributed by atoms with van der Waals surface area (Å²) in [6.07, 6.45) is 0. The van der Waals surface area contributed by atoms with E-state index in [4.69, 9.17) is 17.3 Å². The molecule has 2 aromatic rings. The topological polar surface area (TPSA) is 67.1 Å². The van der Waals surface area contributed by atoms with Crippen molar-refractivity contribution in [2.24, 2.45) is 0 Å². The van der Waals surface area contributed by atoms with Crippen molar-refractivity contribution in [3.05, 3.63) is 58.9 Å². The highest BCUT2D eigenvalue weighted by atomic mass is 35.5. The SMILES string of the molecule is Nc1ccc(NC(=O)NCc2ccc(F)c(Cl)c2)cc1. The molecule has 0 aromatic heterocycles. The van der Waals surface area contributed by atoms with Crippen molar-refractivity contribution in [2.45, 2.75) is 6.54 Å². The maximum Gasteiger partial charge on any atom is 0.319 e. The van der Waals surface area contributed by atoms with Crippen LogP contribution < -0.4 is 16.4 Å². The van der Waals surface area contributed by atoms with Crippen LogP contribution in [-0.4, -0.2) is 6.03 Å². The molecule has 0 saturated heterocycles. The van der Waals surface area contributed by atoms with Crippen LogP contribution in [0.1, 0.15) is 5.56 Å². The number of amides is 2. The molecule has 0 radical (unpaired) electrons. The van der Waals surface area contributed by atoms with Crippen LogP contribution in [0.4, 0.5) is 20.6 Å². The summed E-state index contributed by atoms with van der Waals surface area (Å²) < 4.78 is 13.0. The van der Waals surface area contributed by atoms with E-state index >= 15 is 0 Å². The van der Waals surface area contributed by atoms with Crippen molar-refractivity contribution in [2.75, 3.05) is 11.1 Å². The molecule has 4 nitrogen and oxygen atoms in total. The largest absolute Gasteiger partial charge is 0.399 e. The standard InChI is InChI=1S/C14H13ClFN3O/c15-12-7-9(1-6-13(12)16)8-18-14(20)19-11-4-2-10(17)3-5-11/h1-7H,8,17H2,(H2,18,19,20). The molecule has 20 heavy (non-hydrogen) atoms. The monoisotopic (exact) mass is 293 g/mol. The lowest BCUT2D eigenvalue weighted by molar-refractivity contribution is 0.251. The Labute approximate surface area is 120 Å². The highest BCUT2D eigenvalue weighted by Gasteiger charge is 2.04. The first-order valence-electron chi connectivity index (χ1n) is 5.89. The first kappa shape index (κ1) is 14.1. The third-order valence-corrected chi connectivity index (χ3v) is 2.90. The van der Waals surface area contributed by atoms with E-state index in [9.17, 15) is 9.18 Å². The Kier molecular flexibility index (Phi) is 4.42.